The van der Waals surface area contributed by atoms with Crippen molar-refractivity contribution >= 4 is 18.1 Å². The number of nitro groups is 1. The minimum absolute atomic E-state index is 0.000701. The van der Waals surface area contributed by atoms with Crippen molar-refractivity contribution in [3.8, 4) is 23.0 Å². The smallest absolute Gasteiger partial charge is 0.290 e. The van der Waals surface area contributed by atoms with Crippen molar-refractivity contribution < 1.29 is 40.0 Å². The van der Waals surface area contributed by atoms with Crippen molar-refractivity contribution in [1.29, 1.82) is 0 Å². The first-order valence-electron chi connectivity index (χ1n) is 9.22. The second kappa shape index (κ2) is 9.65. The summed E-state index contributed by atoms with van der Waals surface area (Å²) < 4.78 is 0. The number of benzene rings is 2. The minimum atomic E-state index is -0.850. The molecule has 0 radical (unpaired) electrons. The normalized spacial score (nSPS) is 16.1. The van der Waals surface area contributed by atoms with Gasteiger partial charge in [-0.05, 0) is 26.2 Å². The van der Waals surface area contributed by atoms with E-state index in [1.165, 1.54) is 12.1 Å². The third-order valence-electron chi connectivity index (χ3n) is 5.03. The quantitative estimate of drug-likeness (QED) is 0.148. The van der Waals surface area contributed by atoms with Gasteiger partial charge in [0.05, 0.1) is 10.5 Å². The Morgan fingerprint density at radius 3 is 2.16 bits per heavy atom. The Morgan fingerprint density at radius 1 is 1.06 bits per heavy atom. The lowest BCUT2D eigenvalue weighted by molar-refractivity contribution is -0.384. The summed E-state index contributed by atoms with van der Waals surface area (Å²) in [5.74, 6) is -3.19. The van der Waals surface area contributed by atoms with Crippen LogP contribution in [0.15, 0.2) is 24.3 Å². The monoisotopic (exact) mass is 434 g/mol. The average molecular weight is 434 g/mol. The molecule has 166 valence electrons. The predicted octanol–water partition coefficient (Wildman–Crippen LogP) is 2.27. The third-order valence-corrected chi connectivity index (χ3v) is 5.03. The Bertz CT molecular complexity index is 989. The number of phenols is 4. The molecule has 0 spiro atoms. The second-order valence-corrected chi connectivity index (χ2v) is 6.94. The minimum Gasteiger partial charge on any atom is -0.504 e. The fourth-order valence-corrected chi connectivity index (χ4v) is 3.54. The Kier molecular flexibility index (Phi) is 7.24. The van der Waals surface area contributed by atoms with Gasteiger partial charge in [-0.3, -0.25) is 19.7 Å². The summed E-state index contributed by atoms with van der Waals surface area (Å²) in [4.78, 5) is 31.9. The molecule has 0 aliphatic carbocycles. The summed E-state index contributed by atoms with van der Waals surface area (Å²) in [5, 5.41) is 55.5. The van der Waals surface area contributed by atoms with Crippen LogP contribution in [0, 0.1) is 17.0 Å². The molecule has 11 nitrogen and oxygen atoms in total. The lowest BCUT2D eigenvalue weighted by atomic mass is 9.91. The van der Waals surface area contributed by atoms with E-state index in [2.05, 4.69) is 0 Å². The number of carbonyl (C=O) groups excluding carboxylic acids is 1. The molecule has 0 aromatic heterocycles. The number of non-ortho nitro benzene ring substituents is 1. The van der Waals surface area contributed by atoms with E-state index in [-0.39, 0.29) is 29.3 Å². The first kappa shape index (κ1) is 23.3. The van der Waals surface area contributed by atoms with Gasteiger partial charge < -0.3 is 30.4 Å². The highest BCUT2D eigenvalue weighted by molar-refractivity contribution is 6.02. The first-order chi connectivity index (χ1) is 14.6. The highest BCUT2D eigenvalue weighted by Gasteiger charge is 2.40. The predicted molar refractivity (Wildman–Crippen MR) is 107 cm³/mol. The van der Waals surface area contributed by atoms with E-state index < -0.39 is 33.8 Å². The number of nitro benzene ring substituents is 1. The van der Waals surface area contributed by atoms with Gasteiger partial charge in [0.15, 0.2) is 11.5 Å². The van der Waals surface area contributed by atoms with E-state index in [9.17, 15) is 35.3 Å². The van der Waals surface area contributed by atoms with Gasteiger partial charge in [-0.25, -0.2) is 0 Å². The van der Waals surface area contributed by atoms with Gasteiger partial charge in [0.1, 0.15) is 0 Å². The number of amides is 1. The number of fused-ring (bicyclic) bond motifs is 2. The number of rotatable bonds is 1. The number of phenolic OH excluding ortho intramolecular Hbond substituents is 4. The molecule has 2 aromatic rings. The zero-order valence-electron chi connectivity index (χ0n) is 16.6. The molecule has 2 aliphatic rings. The zero-order valence-corrected chi connectivity index (χ0v) is 16.6. The summed E-state index contributed by atoms with van der Waals surface area (Å²) in [5.41, 5.74) is 1.30. The molecule has 1 atom stereocenters. The van der Waals surface area contributed by atoms with E-state index >= 15 is 0 Å². The molecule has 2 aliphatic heterocycles. The highest BCUT2D eigenvalue weighted by Crippen LogP contribution is 2.50. The molecular formula is C20H22N2O9. The van der Waals surface area contributed by atoms with Crippen molar-refractivity contribution in [2.45, 2.75) is 32.2 Å². The summed E-state index contributed by atoms with van der Waals surface area (Å²) in [6.45, 7) is 2.26. The number of aryl methyl sites for hydroxylation is 1. The molecule has 11 heteroatoms. The Morgan fingerprint density at radius 2 is 1.61 bits per heavy atom. The average Bonchev–Trinajstić information content (AvgIpc) is 3.21. The molecule has 5 N–H and O–H groups in total. The Labute approximate surface area is 176 Å². The number of carboxylic acid groups (broad SMARTS) is 1. The summed E-state index contributed by atoms with van der Waals surface area (Å²) in [6, 6.07) is 6.43. The molecule has 0 saturated carbocycles. The number of carbonyl (C=O) groups is 2. The van der Waals surface area contributed by atoms with Crippen LogP contribution in [-0.4, -0.2) is 60.3 Å². The molecule has 1 amide bonds. The Balaban J connectivity index is 0.000000223. The van der Waals surface area contributed by atoms with Crippen molar-refractivity contribution in [3.05, 3.63) is 51.1 Å². The number of hydrogen-bond acceptors (Lipinski definition) is 8. The molecule has 4 rings (SSSR count). The van der Waals surface area contributed by atoms with Gasteiger partial charge in [0.2, 0.25) is 11.5 Å². The lowest BCUT2D eigenvalue weighted by Crippen LogP contribution is -2.41. The van der Waals surface area contributed by atoms with Crippen LogP contribution in [0.2, 0.25) is 0 Å². The molecule has 31 heavy (non-hydrogen) atoms. The third kappa shape index (κ3) is 4.77. The number of nitrogens with zero attached hydrogens (tertiary/aromatic N) is 2. The van der Waals surface area contributed by atoms with Crippen LogP contribution in [0.5, 0.6) is 23.0 Å². The maximum atomic E-state index is 12.2. The van der Waals surface area contributed by atoms with Crippen LogP contribution in [0.3, 0.4) is 0 Å². The molecule has 1 saturated heterocycles. The van der Waals surface area contributed by atoms with Gasteiger partial charge >= 0.3 is 0 Å². The van der Waals surface area contributed by atoms with Crippen molar-refractivity contribution in [2.24, 2.45) is 0 Å². The van der Waals surface area contributed by atoms with Crippen LogP contribution >= 0.6 is 0 Å². The zero-order chi connectivity index (χ0) is 23.3. The molecular weight excluding hydrogens is 412 g/mol. The Hall–Kier alpha value is -4.02. The van der Waals surface area contributed by atoms with Crippen molar-refractivity contribution in [2.75, 3.05) is 6.54 Å². The van der Waals surface area contributed by atoms with Gasteiger partial charge in [0, 0.05) is 30.3 Å². The molecule has 0 bridgehead atoms. The van der Waals surface area contributed by atoms with Crippen molar-refractivity contribution in [1.82, 2.24) is 4.90 Å². The maximum Gasteiger partial charge on any atom is 0.290 e. The summed E-state index contributed by atoms with van der Waals surface area (Å²) >= 11 is 0. The highest BCUT2D eigenvalue weighted by atomic mass is 16.6. The van der Waals surface area contributed by atoms with E-state index in [0.29, 0.717) is 13.0 Å². The molecule has 1 fully saturated rings. The van der Waals surface area contributed by atoms with Gasteiger partial charge in [-0.15, -0.1) is 0 Å². The molecule has 2 aromatic carbocycles. The first-order valence-corrected chi connectivity index (χ1v) is 9.22. The van der Waals surface area contributed by atoms with E-state index in [1.54, 1.807) is 17.0 Å². The van der Waals surface area contributed by atoms with Gasteiger partial charge in [-0.2, -0.15) is 0 Å². The second-order valence-electron chi connectivity index (χ2n) is 6.94. The van der Waals surface area contributed by atoms with Gasteiger partial charge in [-0.1, -0.05) is 17.7 Å². The maximum absolute atomic E-state index is 12.2. The van der Waals surface area contributed by atoms with Crippen molar-refractivity contribution in [3.63, 3.8) is 0 Å². The van der Waals surface area contributed by atoms with E-state index in [4.69, 9.17) is 9.90 Å². The SMILES string of the molecule is Cc1ccc([N+](=O)[O-])cc1.O=C1c2c(O)c(O)c(O)c(O)c2CC2CCCN12.O=CO. The standard InChI is InChI=1S/C12H13NO5.C7H7NO2.CH2O2/c14-8-6-4-5-2-1-3-13(5)12(18)7(6)9(15)11(17)10(8)16;1-6-2-4-7(5-3-6)8(9)10;2-1-3/h5,14-17H,1-4H2;2-5H,1H3;1H,(H,2,3). The lowest BCUT2D eigenvalue weighted by Gasteiger charge is -2.32. The van der Waals surface area contributed by atoms with Crippen LogP contribution in [-0.2, 0) is 11.2 Å². The van der Waals surface area contributed by atoms with Crippen LogP contribution in [0.4, 0.5) is 5.69 Å². The van der Waals surface area contributed by atoms with Crippen LogP contribution < -0.4 is 0 Å². The van der Waals surface area contributed by atoms with Crippen LogP contribution in [0.25, 0.3) is 0 Å². The fraction of sp³-hybridized carbons (Fsp3) is 0.300. The summed E-state index contributed by atoms with van der Waals surface area (Å²) in [7, 11) is 0. The van der Waals surface area contributed by atoms with E-state index in [1.807, 2.05) is 6.92 Å². The largest absolute Gasteiger partial charge is 0.504 e. The molecule has 1 unspecified atom stereocenters. The van der Waals surface area contributed by atoms with E-state index in [0.717, 1.165) is 18.4 Å². The molecule has 2 heterocycles. The van der Waals surface area contributed by atoms with Crippen LogP contribution in [0.1, 0.15) is 34.3 Å². The number of hydrogen-bond donors (Lipinski definition) is 5. The summed E-state index contributed by atoms with van der Waals surface area (Å²) in [6.07, 6.45) is 2.10. The number of aromatic hydroxyl groups is 4. The topological polar surface area (TPSA) is 182 Å². The van der Waals surface area contributed by atoms with Gasteiger partial charge in [0.25, 0.3) is 18.1 Å². The fourth-order valence-electron chi connectivity index (χ4n) is 3.54.